The van der Waals surface area contributed by atoms with Gasteiger partial charge in [0.25, 0.3) is 5.91 Å². The highest BCUT2D eigenvalue weighted by molar-refractivity contribution is 6.31. The van der Waals surface area contributed by atoms with Crippen molar-refractivity contribution in [3.63, 3.8) is 0 Å². The molecule has 0 radical (unpaired) electrons. The Kier molecular flexibility index (Phi) is 4.19. The Labute approximate surface area is 155 Å². The Bertz CT molecular complexity index is 890. The number of benzene rings is 2. The van der Waals surface area contributed by atoms with Crippen molar-refractivity contribution in [3.8, 4) is 5.75 Å². The predicted octanol–water partition coefficient (Wildman–Crippen LogP) is 4.12. The summed E-state index contributed by atoms with van der Waals surface area (Å²) in [6.45, 7) is 0.840. The van der Waals surface area contributed by atoms with Gasteiger partial charge in [-0.25, -0.2) is 4.39 Å². The number of ether oxygens (including phenoxy) is 1. The van der Waals surface area contributed by atoms with Crippen LogP contribution in [0.5, 0.6) is 5.75 Å². The molecule has 2 aromatic rings. The standard InChI is InChI=1S/C20H17ClFNO3/c21-13-5-6-18-15(11-13)17(24)12-20(26-18)7-9-23(10-8-20)19(25)14-3-1-2-4-16(14)22/h1-6,11H,7-10,12H2. The number of nitrogens with zero attached hydrogens (tertiary/aromatic N) is 1. The molecule has 0 saturated carbocycles. The van der Waals surface area contributed by atoms with Crippen molar-refractivity contribution in [1.29, 1.82) is 0 Å². The van der Waals surface area contributed by atoms with Crippen LogP contribution in [0.25, 0.3) is 0 Å². The second-order valence-corrected chi connectivity index (χ2v) is 7.23. The quantitative estimate of drug-likeness (QED) is 0.755. The summed E-state index contributed by atoms with van der Waals surface area (Å²) in [5.41, 5.74) is -0.0266. The van der Waals surface area contributed by atoms with Gasteiger partial charge in [-0.05, 0) is 30.3 Å². The van der Waals surface area contributed by atoms with E-state index in [0.717, 1.165) is 0 Å². The third-order valence-corrected chi connectivity index (χ3v) is 5.35. The van der Waals surface area contributed by atoms with Crippen molar-refractivity contribution >= 4 is 23.3 Å². The van der Waals surface area contributed by atoms with Crippen molar-refractivity contribution in [2.24, 2.45) is 0 Å². The van der Waals surface area contributed by atoms with E-state index >= 15 is 0 Å². The van der Waals surface area contributed by atoms with Gasteiger partial charge in [0.1, 0.15) is 17.2 Å². The van der Waals surface area contributed by atoms with E-state index < -0.39 is 11.4 Å². The van der Waals surface area contributed by atoms with Gasteiger partial charge in [-0.3, -0.25) is 9.59 Å². The van der Waals surface area contributed by atoms with E-state index in [9.17, 15) is 14.0 Å². The summed E-state index contributed by atoms with van der Waals surface area (Å²) in [5.74, 6) is -0.304. The lowest BCUT2D eigenvalue weighted by molar-refractivity contribution is -0.00579. The largest absolute Gasteiger partial charge is 0.486 e. The number of Topliss-reactive ketones (excluding diaryl/α,β-unsaturated/α-hetero) is 1. The van der Waals surface area contributed by atoms with Gasteiger partial charge in [-0.2, -0.15) is 0 Å². The van der Waals surface area contributed by atoms with Gasteiger partial charge in [-0.15, -0.1) is 0 Å². The van der Waals surface area contributed by atoms with Crippen LogP contribution in [0.4, 0.5) is 4.39 Å². The molecule has 0 unspecified atom stereocenters. The second kappa shape index (κ2) is 6.40. The summed E-state index contributed by atoms with van der Waals surface area (Å²) < 4.78 is 20.0. The van der Waals surface area contributed by atoms with Gasteiger partial charge in [0.2, 0.25) is 0 Å². The number of rotatable bonds is 1. The topological polar surface area (TPSA) is 46.6 Å². The van der Waals surface area contributed by atoms with Crippen molar-refractivity contribution in [2.45, 2.75) is 24.9 Å². The molecule has 0 N–H and O–H groups in total. The van der Waals surface area contributed by atoms with Gasteiger partial charge in [0.15, 0.2) is 5.78 Å². The molecule has 2 heterocycles. The van der Waals surface area contributed by atoms with Crippen molar-refractivity contribution in [1.82, 2.24) is 4.90 Å². The van der Waals surface area contributed by atoms with Gasteiger partial charge in [0.05, 0.1) is 17.5 Å². The summed E-state index contributed by atoms with van der Waals surface area (Å²) in [5, 5.41) is 0.502. The molecular weight excluding hydrogens is 357 g/mol. The zero-order valence-corrected chi connectivity index (χ0v) is 14.8. The third kappa shape index (κ3) is 2.97. The summed E-state index contributed by atoms with van der Waals surface area (Å²) in [4.78, 5) is 26.7. The molecule has 1 amide bonds. The molecule has 0 aliphatic carbocycles. The fourth-order valence-corrected chi connectivity index (χ4v) is 3.84. The van der Waals surface area contributed by atoms with E-state index in [1.54, 1.807) is 35.2 Å². The summed E-state index contributed by atoms with van der Waals surface area (Å²) in [6, 6.07) is 11.0. The molecular formula is C20H17ClFNO3. The Hall–Kier alpha value is -2.40. The van der Waals surface area contributed by atoms with Gasteiger partial charge >= 0.3 is 0 Å². The lowest BCUT2D eigenvalue weighted by atomic mass is 9.82. The number of hydrogen-bond donors (Lipinski definition) is 0. The van der Waals surface area contributed by atoms with Crippen LogP contribution in [0.1, 0.15) is 40.0 Å². The molecule has 1 saturated heterocycles. The fraction of sp³-hybridized carbons (Fsp3) is 0.300. The number of ketones is 1. The van der Waals surface area contributed by atoms with Crippen molar-refractivity contribution < 1.29 is 18.7 Å². The Morgan fingerprint density at radius 2 is 1.88 bits per heavy atom. The number of likely N-dealkylation sites (tertiary alicyclic amines) is 1. The van der Waals surface area contributed by atoms with Crippen LogP contribution in [0.15, 0.2) is 42.5 Å². The maximum Gasteiger partial charge on any atom is 0.256 e. The molecule has 2 aromatic carbocycles. The molecule has 0 aromatic heterocycles. The lowest BCUT2D eigenvalue weighted by Crippen LogP contribution is -2.52. The highest BCUT2D eigenvalue weighted by atomic mass is 35.5. The number of carbonyl (C=O) groups is 2. The minimum atomic E-state index is -0.607. The number of carbonyl (C=O) groups excluding carboxylic acids is 2. The molecule has 1 fully saturated rings. The van der Waals surface area contributed by atoms with Crippen LogP contribution in [0, 0.1) is 5.82 Å². The average Bonchev–Trinajstić information content (AvgIpc) is 2.63. The van der Waals surface area contributed by atoms with Crippen LogP contribution in [0.3, 0.4) is 0 Å². The first-order valence-corrected chi connectivity index (χ1v) is 8.91. The Balaban J connectivity index is 1.50. The van der Waals surface area contributed by atoms with Crippen molar-refractivity contribution in [2.75, 3.05) is 13.1 Å². The Morgan fingerprint density at radius 1 is 1.15 bits per heavy atom. The zero-order valence-electron chi connectivity index (χ0n) is 14.0. The van der Waals surface area contributed by atoms with E-state index in [0.29, 0.717) is 42.3 Å². The molecule has 4 nitrogen and oxygen atoms in total. The van der Waals surface area contributed by atoms with Crippen LogP contribution < -0.4 is 4.74 Å². The highest BCUT2D eigenvalue weighted by Gasteiger charge is 2.43. The molecule has 1 spiro atoms. The maximum absolute atomic E-state index is 13.9. The van der Waals surface area contributed by atoms with E-state index in [-0.39, 0.29) is 23.7 Å². The van der Waals surface area contributed by atoms with Crippen molar-refractivity contribution in [3.05, 3.63) is 64.4 Å². The Morgan fingerprint density at radius 3 is 2.62 bits per heavy atom. The molecule has 26 heavy (non-hydrogen) atoms. The van der Waals surface area contributed by atoms with Gasteiger partial charge < -0.3 is 9.64 Å². The fourth-order valence-electron chi connectivity index (χ4n) is 3.67. The molecule has 134 valence electrons. The van der Waals surface area contributed by atoms with Gasteiger partial charge in [-0.1, -0.05) is 23.7 Å². The van der Waals surface area contributed by atoms with E-state index in [1.165, 1.54) is 12.1 Å². The summed E-state index contributed by atoms with van der Waals surface area (Å²) in [7, 11) is 0. The van der Waals surface area contributed by atoms with Gasteiger partial charge in [0, 0.05) is 31.0 Å². The molecule has 0 atom stereocenters. The molecule has 6 heteroatoms. The minimum Gasteiger partial charge on any atom is -0.486 e. The number of amides is 1. The monoisotopic (exact) mass is 373 g/mol. The second-order valence-electron chi connectivity index (χ2n) is 6.80. The first kappa shape index (κ1) is 17.0. The number of hydrogen-bond acceptors (Lipinski definition) is 3. The minimum absolute atomic E-state index is 0.00244. The first-order chi connectivity index (χ1) is 12.5. The molecule has 4 rings (SSSR count). The number of halogens is 2. The number of fused-ring (bicyclic) bond motifs is 1. The average molecular weight is 374 g/mol. The smallest absolute Gasteiger partial charge is 0.256 e. The molecule has 0 bridgehead atoms. The van der Waals surface area contributed by atoms with Crippen LogP contribution in [-0.4, -0.2) is 35.3 Å². The highest BCUT2D eigenvalue weighted by Crippen LogP contribution is 2.40. The normalized spacial score (nSPS) is 18.4. The number of piperidine rings is 1. The van der Waals surface area contributed by atoms with E-state index in [2.05, 4.69) is 0 Å². The molecule has 2 aliphatic rings. The maximum atomic E-state index is 13.9. The van der Waals surface area contributed by atoms with Crippen LogP contribution in [-0.2, 0) is 0 Å². The molecule has 2 aliphatic heterocycles. The lowest BCUT2D eigenvalue weighted by Gasteiger charge is -2.44. The zero-order chi connectivity index (χ0) is 18.3. The van der Waals surface area contributed by atoms with Crippen LogP contribution in [0.2, 0.25) is 5.02 Å². The SMILES string of the molecule is O=C1CC2(CCN(C(=O)c3ccccc3F)CC2)Oc2ccc(Cl)cc21. The predicted molar refractivity (Wildman–Crippen MR) is 95.3 cm³/mol. The summed E-state index contributed by atoms with van der Waals surface area (Å²) in [6.07, 6.45) is 1.32. The third-order valence-electron chi connectivity index (χ3n) is 5.12. The van der Waals surface area contributed by atoms with E-state index in [4.69, 9.17) is 16.3 Å². The van der Waals surface area contributed by atoms with E-state index in [1.807, 2.05) is 0 Å². The first-order valence-electron chi connectivity index (χ1n) is 8.53. The summed E-state index contributed by atoms with van der Waals surface area (Å²) >= 11 is 5.96. The van der Waals surface area contributed by atoms with Crippen LogP contribution >= 0.6 is 11.6 Å².